The molecule has 0 bridgehead atoms. The highest BCUT2D eigenvalue weighted by Crippen LogP contribution is 2.38. The molecule has 11 heavy (non-hydrogen) atoms. The van der Waals surface area contributed by atoms with Crippen molar-refractivity contribution in [1.82, 2.24) is 9.03 Å². The smallest absolute Gasteiger partial charge is 0.0973 e. The number of fused-ring (bicyclic) bond motifs is 1. The van der Waals surface area contributed by atoms with Gasteiger partial charge in [-0.1, -0.05) is 0 Å². The summed E-state index contributed by atoms with van der Waals surface area (Å²) in [6.45, 7) is 0. The molecule has 0 fully saturated rings. The molecular formula is C6H4Br2N2S. The fourth-order valence-corrected chi connectivity index (χ4v) is 2.61. The first-order chi connectivity index (χ1) is 5.29. The Balaban J connectivity index is 2.42. The Kier molecular flexibility index (Phi) is 2.03. The van der Waals surface area contributed by atoms with Gasteiger partial charge >= 0.3 is 0 Å². The fourth-order valence-electron chi connectivity index (χ4n) is 0.862. The average Bonchev–Trinajstić information content (AvgIpc) is 2.45. The summed E-state index contributed by atoms with van der Waals surface area (Å²) < 4.78 is 7.28. The van der Waals surface area contributed by atoms with Crippen LogP contribution in [0.25, 0.3) is 0 Å². The Labute approximate surface area is 85.9 Å². The van der Waals surface area contributed by atoms with Gasteiger partial charge in [0.15, 0.2) is 0 Å². The summed E-state index contributed by atoms with van der Waals surface area (Å²) in [7, 11) is 0. The number of rotatable bonds is 0. The van der Waals surface area contributed by atoms with Gasteiger partial charge in [0.25, 0.3) is 0 Å². The van der Waals surface area contributed by atoms with E-state index in [9.17, 15) is 0 Å². The fraction of sp³-hybridized carbons (Fsp3) is 0. The highest BCUT2D eigenvalue weighted by molar-refractivity contribution is 9.12. The lowest BCUT2D eigenvalue weighted by Crippen LogP contribution is -2.10. The number of nitrogens with one attached hydrogen (secondary N) is 1. The first-order valence-corrected chi connectivity index (χ1v) is 5.31. The van der Waals surface area contributed by atoms with Crippen LogP contribution in [0.5, 0.6) is 0 Å². The predicted octanol–water partition coefficient (Wildman–Crippen LogP) is 2.82. The van der Waals surface area contributed by atoms with E-state index in [4.69, 9.17) is 0 Å². The molecule has 0 saturated carbocycles. The van der Waals surface area contributed by atoms with Gasteiger partial charge in [-0.3, -0.25) is 4.31 Å². The van der Waals surface area contributed by atoms with Crippen LogP contribution < -0.4 is 4.72 Å². The standard InChI is InChI=1S/C6H4Br2N2S/c7-4-1-2-6(8)10-5(4)3-9-11-10/h1-3,9H. The second-order valence-corrected chi connectivity index (χ2v) is 4.49. The van der Waals surface area contributed by atoms with Crippen molar-refractivity contribution in [2.45, 2.75) is 0 Å². The van der Waals surface area contributed by atoms with Gasteiger partial charge in [-0.15, -0.1) is 0 Å². The first-order valence-electron chi connectivity index (χ1n) is 2.95. The second-order valence-electron chi connectivity index (χ2n) is 2.04. The molecule has 0 aromatic heterocycles. The molecule has 0 aliphatic carbocycles. The summed E-state index contributed by atoms with van der Waals surface area (Å²) in [5.41, 5.74) is 1.14. The summed E-state index contributed by atoms with van der Waals surface area (Å²) in [6.07, 6.45) is 5.97. The molecule has 0 radical (unpaired) electrons. The molecule has 2 aliphatic rings. The van der Waals surface area contributed by atoms with Crippen LogP contribution in [0.3, 0.4) is 0 Å². The third kappa shape index (κ3) is 1.25. The van der Waals surface area contributed by atoms with Crippen molar-refractivity contribution >= 4 is 44.0 Å². The van der Waals surface area contributed by atoms with Crippen molar-refractivity contribution in [2.75, 3.05) is 0 Å². The van der Waals surface area contributed by atoms with Crippen LogP contribution >= 0.6 is 44.0 Å². The summed E-state index contributed by atoms with van der Waals surface area (Å²) in [4.78, 5) is 0. The third-order valence-corrected chi connectivity index (χ3v) is 3.69. The van der Waals surface area contributed by atoms with Crippen LogP contribution in [-0.2, 0) is 0 Å². The maximum absolute atomic E-state index is 3.46. The highest BCUT2D eigenvalue weighted by Gasteiger charge is 2.23. The largest absolute Gasteiger partial charge is 0.316 e. The molecule has 0 aromatic carbocycles. The highest BCUT2D eigenvalue weighted by atomic mass is 79.9. The van der Waals surface area contributed by atoms with E-state index in [2.05, 4.69) is 40.9 Å². The van der Waals surface area contributed by atoms with Gasteiger partial charge in [-0.05, 0) is 44.0 Å². The molecule has 0 saturated heterocycles. The van der Waals surface area contributed by atoms with E-state index >= 15 is 0 Å². The van der Waals surface area contributed by atoms with Crippen LogP contribution in [0.15, 0.2) is 33.1 Å². The number of nitrogens with zero attached hydrogens (tertiary/aromatic N) is 1. The molecule has 0 amide bonds. The number of allylic oxidation sites excluding steroid dienone is 3. The van der Waals surface area contributed by atoms with Crippen molar-refractivity contribution in [3.8, 4) is 0 Å². The maximum Gasteiger partial charge on any atom is 0.0973 e. The van der Waals surface area contributed by atoms with E-state index < -0.39 is 0 Å². The van der Waals surface area contributed by atoms with Gasteiger partial charge < -0.3 is 4.72 Å². The average molecular weight is 296 g/mol. The minimum Gasteiger partial charge on any atom is -0.316 e. The Morgan fingerprint density at radius 2 is 2.18 bits per heavy atom. The Morgan fingerprint density at radius 1 is 1.36 bits per heavy atom. The van der Waals surface area contributed by atoms with Crippen LogP contribution in [0.1, 0.15) is 0 Å². The zero-order chi connectivity index (χ0) is 7.84. The summed E-state index contributed by atoms with van der Waals surface area (Å²) in [5.74, 6) is 0. The van der Waals surface area contributed by atoms with Gasteiger partial charge in [0.2, 0.25) is 0 Å². The third-order valence-electron chi connectivity index (χ3n) is 1.36. The number of hydrogen-bond acceptors (Lipinski definition) is 3. The van der Waals surface area contributed by atoms with E-state index in [1.165, 1.54) is 0 Å². The molecular weight excluding hydrogens is 292 g/mol. The summed E-state index contributed by atoms with van der Waals surface area (Å²) in [5, 5.41) is 0. The van der Waals surface area contributed by atoms with Gasteiger partial charge in [-0.2, -0.15) is 0 Å². The molecule has 2 heterocycles. The van der Waals surface area contributed by atoms with Gasteiger partial charge in [0.1, 0.15) is 0 Å². The van der Waals surface area contributed by atoms with Crippen molar-refractivity contribution < 1.29 is 0 Å². The molecule has 2 nitrogen and oxygen atoms in total. The Bertz CT molecular complexity index is 282. The van der Waals surface area contributed by atoms with Crippen molar-refractivity contribution in [3.05, 3.63) is 33.1 Å². The van der Waals surface area contributed by atoms with Crippen LogP contribution in [0, 0.1) is 0 Å². The van der Waals surface area contributed by atoms with Gasteiger partial charge in [-0.25, -0.2) is 0 Å². The number of halogens is 2. The van der Waals surface area contributed by atoms with E-state index in [0.717, 1.165) is 14.8 Å². The minimum absolute atomic E-state index is 1.06. The lowest BCUT2D eigenvalue weighted by Gasteiger charge is -2.20. The monoisotopic (exact) mass is 294 g/mol. The van der Waals surface area contributed by atoms with Crippen molar-refractivity contribution in [1.29, 1.82) is 0 Å². The zero-order valence-electron chi connectivity index (χ0n) is 5.34. The van der Waals surface area contributed by atoms with E-state index in [0.29, 0.717) is 0 Å². The second kappa shape index (κ2) is 2.88. The number of hydrogen-bond donors (Lipinski definition) is 1. The van der Waals surface area contributed by atoms with Crippen LogP contribution in [-0.4, -0.2) is 4.31 Å². The van der Waals surface area contributed by atoms with Crippen LogP contribution in [0.4, 0.5) is 0 Å². The molecule has 1 N–H and O–H groups in total. The summed E-state index contributed by atoms with van der Waals surface area (Å²) >= 11 is 8.44. The molecule has 5 heteroatoms. The quantitative estimate of drug-likeness (QED) is 0.546. The molecule has 0 spiro atoms. The Hall–Kier alpha value is 0.130. The SMILES string of the molecule is BrC1=CC=C(Br)N2SNC=C12. The zero-order valence-corrected chi connectivity index (χ0v) is 9.33. The molecule has 0 unspecified atom stereocenters. The molecule has 0 atom stereocenters. The lowest BCUT2D eigenvalue weighted by molar-refractivity contribution is 0.789. The molecule has 0 aromatic rings. The summed E-state index contributed by atoms with van der Waals surface area (Å²) in [6, 6.07) is 0. The van der Waals surface area contributed by atoms with Crippen molar-refractivity contribution in [3.63, 3.8) is 0 Å². The lowest BCUT2D eigenvalue weighted by atomic mass is 10.3. The normalized spacial score (nSPS) is 21.6. The van der Waals surface area contributed by atoms with E-state index in [-0.39, 0.29) is 0 Å². The van der Waals surface area contributed by atoms with Crippen LogP contribution in [0.2, 0.25) is 0 Å². The Morgan fingerprint density at radius 3 is 2.91 bits per heavy atom. The molecule has 2 aliphatic heterocycles. The van der Waals surface area contributed by atoms with E-state index in [1.54, 1.807) is 12.1 Å². The van der Waals surface area contributed by atoms with E-state index in [1.807, 2.05) is 18.4 Å². The van der Waals surface area contributed by atoms with Gasteiger partial charge in [0.05, 0.1) is 22.4 Å². The maximum atomic E-state index is 3.46. The molecule has 58 valence electrons. The molecule has 2 rings (SSSR count). The predicted molar refractivity (Wildman–Crippen MR) is 54.7 cm³/mol. The van der Waals surface area contributed by atoms with Crippen molar-refractivity contribution in [2.24, 2.45) is 0 Å². The first kappa shape index (κ1) is 7.76. The minimum atomic E-state index is 1.06. The van der Waals surface area contributed by atoms with Gasteiger partial charge in [0, 0.05) is 10.7 Å². The topological polar surface area (TPSA) is 15.3 Å².